The third-order valence-corrected chi connectivity index (χ3v) is 7.02. The van der Waals surface area contributed by atoms with Gasteiger partial charge in [-0.25, -0.2) is 4.79 Å². The Morgan fingerprint density at radius 1 is 0.861 bits per heavy atom. The topological polar surface area (TPSA) is 79.0 Å². The van der Waals surface area contributed by atoms with E-state index in [2.05, 4.69) is 12.2 Å². The first-order valence-corrected chi connectivity index (χ1v) is 14.6. The predicted molar refractivity (Wildman–Crippen MR) is 146 cm³/mol. The summed E-state index contributed by atoms with van der Waals surface area (Å²) in [6, 6.07) is -0.505. The predicted octanol–water partition coefficient (Wildman–Crippen LogP) is 6.91. The summed E-state index contributed by atoms with van der Waals surface area (Å²) in [4.78, 5) is 38.2. The highest BCUT2D eigenvalue weighted by Gasteiger charge is 2.33. The fourth-order valence-electron chi connectivity index (χ4n) is 4.90. The van der Waals surface area contributed by atoms with Crippen LogP contribution in [-0.2, 0) is 14.3 Å². The first-order chi connectivity index (χ1) is 17.5. The number of hydrogen-bond donors (Lipinski definition) is 1. The highest BCUT2D eigenvalue weighted by molar-refractivity contribution is 5.85. The molecule has 0 saturated carbocycles. The van der Waals surface area contributed by atoms with Gasteiger partial charge < -0.3 is 9.64 Å². The molecule has 0 aromatic rings. The SMILES string of the molecule is C/C=C\N(C(=O)NC=O)C1CCC(CN(CCCCCCCCCCCCCCCCC)C(C)=O)O1. The Balaban J connectivity index is 2.14. The van der Waals surface area contributed by atoms with E-state index in [9.17, 15) is 14.4 Å². The third kappa shape index (κ3) is 14.6. The van der Waals surface area contributed by atoms with Gasteiger partial charge in [-0.2, -0.15) is 0 Å². The van der Waals surface area contributed by atoms with Crippen LogP contribution in [0.15, 0.2) is 12.3 Å². The minimum absolute atomic E-state index is 0.0661. The number of rotatable bonds is 21. The number of nitrogens with one attached hydrogen (secondary N) is 1. The van der Waals surface area contributed by atoms with E-state index >= 15 is 0 Å². The van der Waals surface area contributed by atoms with Gasteiger partial charge in [-0.05, 0) is 26.2 Å². The van der Waals surface area contributed by atoms with E-state index in [0.29, 0.717) is 19.4 Å². The number of unbranched alkanes of at least 4 members (excludes halogenated alkanes) is 14. The summed E-state index contributed by atoms with van der Waals surface area (Å²) >= 11 is 0. The van der Waals surface area contributed by atoms with Crippen molar-refractivity contribution in [1.29, 1.82) is 0 Å². The molecule has 2 atom stereocenters. The minimum atomic E-state index is -0.505. The standard InChI is InChI=1S/C29H53N3O4/c1-4-6-7-8-9-10-11-12-13-14-15-16-17-18-19-23-31(26(3)34)24-27-20-21-28(36-27)32(22-5-2)29(35)30-25-33/h5,22,25,27-28H,4,6-21,23-24H2,1-3H3,(H,30,33,35)/b22-5-. The lowest BCUT2D eigenvalue weighted by Gasteiger charge is -2.27. The van der Waals surface area contributed by atoms with Crippen molar-refractivity contribution in [2.24, 2.45) is 0 Å². The van der Waals surface area contributed by atoms with Crippen molar-refractivity contribution in [3.63, 3.8) is 0 Å². The van der Waals surface area contributed by atoms with E-state index in [1.165, 1.54) is 88.4 Å². The van der Waals surface area contributed by atoms with Crippen molar-refractivity contribution < 1.29 is 19.1 Å². The molecule has 7 heteroatoms. The Kier molecular flexibility index (Phi) is 18.9. The van der Waals surface area contributed by atoms with E-state index in [1.807, 2.05) is 11.8 Å². The number of ether oxygens (including phenoxy) is 1. The van der Waals surface area contributed by atoms with Gasteiger partial charge >= 0.3 is 6.03 Å². The van der Waals surface area contributed by atoms with E-state index < -0.39 is 12.3 Å². The number of urea groups is 1. The molecule has 0 aliphatic carbocycles. The van der Waals surface area contributed by atoms with Crippen LogP contribution in [0.3, 0.4) is 0 Å². The molecule has 0 aromatic carbocycles. The Morgan fingerprint density at radius 2 is 1.39 bits per heavy atom. The van der Waals surface area contributed by atoms with Crippen LogP contribution in [0, 0.1) is 0 Å². The molecular weight excluding hydrogens is 454 g/mol. The van der Waals surface area contributed by atoms with Crippen LogP contribution in [0.1, 0.15) is 130 Å². The summed E-state index contributed by atoms with van der Waals surface area (Å²) in [5.41, 5.74) is 0. The van der Waals surface area contributed by atoms with Crippen molar-refractivity contribution in [2.45, 2.75) is 142 Å². The van der Waals surface area contributed by atoms with Crippen LogP contribution in [0.2, 0.25) is 0 Å². The second-order valence-electron chi connectivity index (χ2n) is 10.2. The quantitative estimate of drug-likeness (QED) is 0.135. The first-order valence-electron chi connectivity index (χ1n) is 14.6. The smallest absolute Gasteiger partial charge is 0.329 e. The largest absolute Gasteiger partial charge is 0.353 e. The van der Waals surface area contributed by atoms with Gasteiger partial charge in [-0.1, -0.05) is 103 Å². The molecule has 0 bridgehead atoms. The molecule has 1 saturated heterocycles. The van der Waals surface area contributed by atoms with Crippen molar-refractivity contribution >= 4 is 18.3 Å². The molecule has 2 unspecified atom stereocenters. The Hall–Kier alpha value is -1.89. The van der Waals surface area contributed by atoms with Crippen molar-refractivity contribution in [3.8, 4) is 0 Å². The van der Waals surface area contributed by atoms with Gasteiger partial charge in [0.2, 0.25) is 12.3 Å². The molecule has 36 heavy (non-hydrogen) atoms. The molecule has 4 amide bonds. The summed E-state index contributed by atoms with van der Waals surface area (Å²) in [6.45, 7) is 6.99. The summed E-state index contributed by atoms with van der Waals surface area (Å²) in [6.07, 6.45) is 24.5. The molecule has 0 radical (unpaired) electrons. The second kappa shape index (κ2) is 21.2. The Morgan fingerprint density at radius 3 is 1.86 bits per heavy atom. The van der Waals surface area contributed by atoms with E-state index in [1.54, 1.807) is 19.2 Å². The van der Waals surface area contributed by atoms with Gasteiger partial charge in [0, 0.05) is 26.2 Å². The van der Waals surface area contributed by atoms with Gasteiger partial charge in [0.15, 0.2) is 0 Å². The monoisotopic (exact) mass is 507 g/mol. The van der Waals surface area contributed by atoms with Crippen LogP contribution < -0.4 is 5.32 Å². The maximum Gasteiger partial charge on any atom is 0.329 e. The van der Waals surface area contributed by atoms with Gasteiger partial charge in [0.05, 0.1) is 6.10 Å². The van der Waals surface area contributed by atoms with Gasteiger partial charge in [0.25, 0.3) is 0 Å². The van der Waals surface area contributed by atoms with E-state index in [-0.39, 0.29) is 12.0 Å². The number of imide groups is 1. The highest BCUT2D eigenvalue weighted by Crippen LogP contribution is 2.24. The molecule has 0 aromatic heterocycles. The van der Waals surface area contributed by atoms with Crippen LogP contribution in [0.5, 0.6) is 0 Å². The molecule has 1 aliphatic rings. The number of amides is 4. The zero-order valence-electron chi connectivity index (χ0n) is 23.3. The second-order valence-corrected chi connectivity index (χ2v) is 10.2. The molecule has 208 valence electrons. The van der Waals surface area contributed by atoms with Gasteiger partial charge in [-0.3, -0.25) is 19.8 Å². The molecule has 1 N–H and O–H groups in total. The molecular formula is C29H53N3O4. The molecule has 1 rings (SSSR count). The zero-order valence-corrected chi connectivity index (χ0v) is 23.3. The lowest BCUT2D eigenvalue weighted by molar-refractivity contribution is -0.131. The average Bonchev–Trinajstić information content (AvgIpc) is 3.32. The molecule has 7 nitrogen and oxygen atoms in total. The minimum Gasteiger partial charge on any atom is -0.353 e. The fourth-order valence-corrected chi connectivity index (χ4v) is 4.90. The van der Waals surface area contributed by atoms with Crippen molar-refractivity contribution in [1.82, 2.24) is 15.1 Å². The number of carbonyl (C=O) groups excluding carboxylic acids is 3. The van der Waals surface area contributed by atoms with Crippen LogP contribution in [-0.4, -0.2) is 53.6 Å². The lowest BCUT2D eigenvalue weighted by atomic mass is 10.0. The number of hydrogen-bond acceptors (Lipinski definition) is 4. The first kappa shape index (κ1) is 32.1. The Bertz CT molecular complexity index is 626. The molecule has 1 heterocycles. The number of carbonyl (C=O) groups is 3. The summed E-state index contributed by atoms with van der Waals surface area (Å²) < 4.78 is 6.06. The fraction of sp³-hybridized carbons (Fsp3) is 0.828. The van der Waals surface area contributed by atoms with Gasteiger partial charge in [0.1, 0.15) is 6.23 Å². The number of allylic oxidation sites excluding steroid dienone is 1. The summed E-state index contributed by atoms with van der Waals surface area (Å²) in [5.74, 6) is 0.0661. The summed E-state index contributed by atoms with van der Waals surface area (Å²) in [7, 11) is 0. The summed E-state index contributed by atoms with van der Waals surface area (Å²) in [5, 5.41) is 2.16. The van der Waals surface area contributed by atoms with E-state index in [4.69, 9.17) is 4.74 Å². The lowest BCUT2D eigenvalue weighted by Crippen LogP contribution is -2.43. The number of nitrogens with zero attached hydrogens (tertiary/aromatic N) is 2. The molecule has 1 fully saturated rings. The van der Waals surface area contributed by atoms with E-state index in [0.717, 1.165) is 25.8 Å². The van der Waals surface area contributed by atoms with Crippen LogP contribution in [0.25, 0.3) is 0 Å². The normalized spacial score (nSPS) is 17.4. The zero-order chi connectivity index (χ0) is 26.4. The highest BCUT2D eigenvalue weighted by atomic mass is 16.5. The average molecular weight is 508 g/mol. The molecule has 0 spiro atoms. The van der Waals surface area contributed by atoms with Crippen LogP contribution in [0.4, 0.5) is 4.79 Å². The van der Waals surface area contributed by atoms with Crippen molar-refractivity contribution in [3.05, 3.63) is 12.3 Å². The maximum absolute atomic E-state index is 12.2. The Labute approximate surface area is 220 Å². The third-order valence-electron chi connectivity index (χ3n) is 7.02. The maximum atomic E-state index is 12.2. The molecule has 1 aliphatic heterocycles. The van der Waals surface area contributed by atoms with Crippen LogP contribution >= 0.6 is 0 Å². The van der Waals surface area contributed by atoms with Crippen molar-refractivity contribution in [2.75, 3.05) is 13.1 Å². The van der Waals surface area contributed by atoms with Gasteiger partial charge in [-0.15, -0.1) is 0 Å².